The second kappa shape index (κ2) is 14.3. The number of nitrogens with zero attached hydrogens (tertiary/aromatic N) is 2. The quantitative estimate of drug-likeness (QED) is 0.162. The van der Waals surface area contributed by atoms with E-state index in [9.17, 15) is 46.1 Å². The summed E-state index contributed by atoms with van der Waals surface area (Å²) < 4.78 is 92.6. The van der Waals surface area contributed by atoms with Crippen molar-refractivity contribution in [2.24, 2.45) is 0 Å². The van der Waals surface area contributed by atoms with Gasteiger partial charge in [-0.05, 0) is 115 Å². The molecule has 2 N–H and O–H groups in total. The molecule has 0 spiro atoms. The Morgan fingerprint density at radius 2 is 1.56 bits per heavy atom. The van der Waals surface area contributed by atoms with E-state index in [1.165, 1.54) is 13.0 Å². The van der Waals surface area contributed by atoms with E-state index in [1.807, 2.05) is 6.07 Å². The van der Waals surface area contributed by atoms with E-state index in [4.69, 9.17) is 21.1 Å². The van der Waals surface area contributed by atoms with E-state index in [-0.39, 0.29) is 59.2 Å². The fourth-order valence-electron chi connectivity index (χ4n) is 7.19. The lowest BCUT2D eigenvalue weighted by Gasteiger charge is -2.34. The average molecular weight is 749 g/mol. The maximum atomic E-state index is 13.7. The lowest BCUT2D eigenvalue weighted by molar-refractivity contribution is -0.138. The Bertz CT molecular complexity index is 2040. The molecule has 2 unspecified atom stereocenters. The minimum absolute atomic E-state index is 0.0779. The van der Waals surface area contributed by atoms with Gasteiger partial charge in [0, 0.05) is 18.0 Å². The van der Waals surface area contributed by atoms with Crippen molar-refractivity contribution < 1.29 is 55.6 Å². The molecule has 4 aromatic rings. The van der Waals surface area contributed by atoms with Gasteiger partial charge in [0.2, 0.25) is 11.8 Å². The number of hydrogen-bond donors (Lipinski definition) is 2. The van der Waals surface area contributed by atoms with Gasteiger partial charge in [-0.25, -0.2) is 9.97 Å². The molecule has 2 aliphatic rings. The normalized spacial score (nSPS) is 18.7. The van der Waals surface area contributed by atoms with Crippen LogP contribution in [0.2, 0.25) is 5.02 Å². The highest BCUT2D eigenvalue weighted by Crippen LogP contribution is 2.49. The molecule has 15 heteroatoms. The van der Waals surface area contributed by atoms with Gasteiger partial charge in [0.25, 0.3) is 0 Å². The van der Waals surface area contributed by atoms with E-state index in [1.54, 1.807) is 18.2 Å². The van der Waals surface area contributed by atoms with Crippen molar-refractivity contribution in [2.75, 3.05) is 0 Å². The molecule has 2 aliphatic carbocycles. The number of ether oxygens (including phenoxy) is 2. The van der Waals surface area contributed by atoms with E-state index in [2.05, 4.69) is 9.97 Å². The Kier molecular flexibility index (Phi) is 10.1. The number of pyridine rings is 2. The maximum absolute atomic E-state index is 13.7. The Balaban J connectivity index is 1.42. The van der Waals surface area contributed by atoms with Crippen LogP contribution in [0.5, 0.6) is 23.3 Å². The van der Waals surface area contributed by atoms with Crippen LogP contribution in [0.1, 0.15) is 94.5 Å². The van der Waals surface area contributed by atoms with Crippen molar-refractivity contribution in [3.05, 3.63) is 104 Å². The number of carbonyl (C=O) groups is 2. The standard InChI is InChI=1S/C37H31ClF6N2O6/c1-18-7-24(36(39,40)41)15-32(46-18)52-31-11-19-3-2-4-20(12-33(47)48)28(19)16-29(31)21-8-22-10-26(5-6-27(22)23(9-21)13-34(49)50)51-35-30(38)14-25(17-45-35)37(42,43)44/h5-7,10-11,14-17,20-21,23H,2-4,8-9,12-13H2,1H3,(H,47,48)(H,49,50)/t20-,21?,23?/m0/s1. The van der Waals surface area contributed by atoms with Crippen molar-refractivity contribution in [3.63, 3.8) is 0 Å². The van der Waals surface area contributed by atoms with Crippen LogP contribution in [-0.2, 0) is 34.8 Å². The second-order valence-corrected chi connectivity index (χ2v) is 13.5. The first-order valence-corrected chi connectivity index (χ1v) is 16.7. The molecular weight excluding hydrogens is 718 g/mol. The predicted molar refractivity (Wildman–Crippen MR) is 175 cm³/mol. The predicted octanol–water partition coefficient (Wildman–Crippen LogP) is 10.2. The third kappa shape index (κ3) is 8.27. The Morgan fingerprint density at radius 1 is 0.846 bits per heavy atom. The van der Waals surface area contributed by atoms with Gasteiger partial charge >= 0.3 is 24.3 Å². The van der Waals surface area contributed by atoms with E-state index in [0.29, 0.717) is 54.6 Å². The van der Waals surface area contributed by atoms with E-state index < -0.39 is 47.3 Å². The average Bonchev–Trinajstić information content (AvgIpc) is 3.03. The van der Waals surface area contributed by atoms with Crippen molar-refractivity contribution >= 4 is 23.5 Å². The third-order valence-corrected chi connectivity index (χ3v) is 9.67. The van der Waals surface area contributed by atoms with Crippen LogP contribution in [-0.4, -0.2) is 32.1 Å². The summed E-state index contributed by atoms with van der Waals surface area (Å²) in [5, 5.41) is 19.1. The number of aryl methyl sites for hydroxylation is 2. The summed E-state index contributed by atoms with van der Waals surface area (Å²) in [4.78, 5) is 31.8. The number of halogens is 7. The highest BCUT2D eigenvalue weighted by Gasteiger charge is 2.36. The Hall–Kier alpha value is -4.85. The van der Waals surface area contributed by atoms with Crippen LogP contribution in [0, 0.1) is 6.92 Å². The molecule has 0 radical (unpaired) electrons. The largest absolute Gasteiger partial charge is 0.481 e. The van der Waals surface area contributed by atoms with Crippen LogP contribution in [0.25, 0.3) is 0 Å². The summed E-state index contributed by atoms with van der Waals surface area (Å²) in [5.74, 6) is -3.53. The summed E-state index contributed by atoms with van der Waals surface area (Å²) in [7, 11) is 0. The monoisotopic (exact) mass is 748 g/mol. The first kappa shape index (κ1) is 36.9. The van der Waals surface area contributed by atoms with Gasteiger partial charge < -0.3 is 19.7 Å². The number of aliphatic carboxylic acids is 2. The molecule has 52 heavy (non-hydrogen) atoms. The lowest BCUT2D eigenvalue weighted by Crippen LogP contribution is -2.21. The topological polar surface area (TPSA) is 119 Å². The van der Waals surface area contributed by atoms with Crippen LogP contribution in [0.4, 0.5) is 26.3 Å². The molecule has 0 aliphatic heterocycles. The number of alkyl halides is 6. The summed E-state index contributed by atoms with van der Waals surface area (Å²) in [6.07, 6.45) is -6.63. The van der Waals surface area contributed by atoms with Crippen LogP contribution in [0.3, 0.4) is 0 Å². The van der Waals surface area contributed by atoms with E-state index >= 15 is 0 Å². The zero-order chi connectivity index (χ0) is 37.5. The summed E-state index contributed by atoms with van der Waals surface area (Å²) in [5.41, 5.74) is 1.57. The molecule has 0 bridgehead atoms. The van der Waals surface area contributed by atoms with Crippen LogP contribution in [0.15, 0.2) is 54.7 Å². The van der Waals surface area contributed by atoms with Gasteiger partial charge in [-0.1, -0.05) is 23.7 Å². The molecule has 0 amide bonds. The van der Waals surface area contributed by atoms with Crippen molar-refractivity contribution in [2.45, 2.75) is 82.0 Å². The van der Waals surface area contributed by atoms with Crippen molar-refractivity contribution in [3.8, 4) is 23.3 Å². The number of carboxylic acid groups (broad SMARTS) is 2. The molecule has 0 fully saturated rings. The van der Waals surface area contributed by atoms with Crippen molar-refractivity contribution in [1.29, 1.82) is 0 Å². The van der Waals surface area contributed by atoms with Gasteiger partial charge in [-0.15, -0.1) is 0 Å². The molecule has 2 heterocycles. The van der Waals surface area contributed by atoms with Gasteiger partial charge in [-0.3, -0.25) is 9.59 Å². The first-order valence-electron chi connectivity index (χ1n) is 16.3. The molecule has 2 aromatic heterocycles. The summed E-state index contributed by atoms with van der Waals surface area (Å²) in [6, 6.07) is 10.8. The fourth-order valence-corrected chi connectivity index (χ4v) is 7.40. The molecule has 0 saturated heterocycles. The third-order valence-electron chi connectivity index (χ3n) is 9.40. The molecule has 8 nitrogen and oxygen atoms in total. The first-order chi connectivity index (χ1) is 24.4. The fraction of sp³-hybridized carbons (Fsp3) is 0.351. The van der Waals surface area contributed by atoms with Gasteiger partial charge in [-0.2, -0.15) is 26.3 Å². The zero-order valence-corrected chi connectivity index (χ0v) is 28.2. The van der Waals surface area contributed by atoms with Gasteiger partial charge in [0.15, 0.2) is 0 Å². The molecule has 3 atom stereocenters. The molecule has 2 aromatic carbocycles. The highest BCUT2D eigenvalue weighted by atomic mass is 35.5. The minimum Gasteiger partial charge on any atom is -0.481 e. The lowest BCUT2D eigenvalue weighted by atomic mass is 9.71. The number of rotatable bonds is 9. The zero-order valence-electron chi connectivity index (χ0n) is 27.4. The van der Waals surface area contributed by atoms with Crippen molar-refractivity contribution in [1.82, 2.24) is 9.97 Å². The number of aromatic nitrogens is 2. The highest BCUT2D eigenvalue weighted by molar-refractivity contribution is 6.31. The number of benzene rings is 2. The van der Waals surface area contributed by atoms with Crippen LogP contribution >= 0.6 is 11.6 Å². The number of carboxylic acids is 2. The van der Waals surface area contributed by atoms with Gasteiger partial charge in [0.05, 0.1) is 24.0 Å². The SMILES string of the molecule is Cc1cc(C(F)(F)F)cc(Oc2cc3c(cc2C2Cc4cc(Oc5ncc(C(F)(F)F)cc5Cl)ccc4C(CC(=O)O)C2)[C@H](CC(=O)O)CCC3)n1. The smallest absolute Gasteiger partial charge is 0.417 e. The maximum Gasteiger partial charge on any atom is 0.417 e. The number of fused-ring (bicyclic) bond motifs is 2. The summed E-state index contributed by atoms with van der Waals surface area (Å²) in [6.45, 7) is 1.41. The molecular formula is C37H31ClF6N2O6. The molecule has 6 rings (SSSR count). The molecule has 274 valence electrons. The van der Waals surface area contributed by atoms with Gasteiger partial charge in [0.1, 0.15) is 16.5 Å². The van der Waals surface area contributed by atoms with E-state index in [0.717, 1.165) is 23.3 Å². The second-order valence-electron chi connectivity index (χ2n) is 13.1. The molecule has 0 saturated carbocycles. The summed E-state index contributed by atoms with van der Waals surface area (Å²) >= 11 is 6.07. The minimum atomic E-state index is -4.67. The number of hydrogen-bond acceptors (Lipinski definition) is 6. The Morgan fingerprint density at radius 3 is 2.23 bits per heavy atom. The van der Waals surface area contributed by atoms with Crippen LogP contribution < -0.4 is 9.47 Å². The Labute approximate surface area is 298 Å².